The van der Waals surface area contributed by atoms with Crippen molar-refractivity contribution in [2.45, 2.75) is 130 Å². The predicted octanol–water partition coefficient (Wildman–Crippen LogP) is 8.26. The summed E-state index contributed by atoms with van der Waals surface area (Å²) in [5, 5.41) is 22.1. The fraction of sp³-hybridized carbons (Fsp3) is 0.811. The zero-order chi connectivity index (χ0) is 29.3. The molecular weight excluding hydrogens is 508 g/mol. The maximum atomic E-state index is 12.5. The molecule has 1 aromatic carbocycles. The van der Waals surface area contributed by atoms with Crippen LogP contribution in [0.3, 0.4) is 0 Å². The molecule has 5 saturated carbocycles. The maximum Gasteiger partial charge on any atom is 0.309 e. The molecule has 1 aliphatic heterocycles. The smallest absolute Gasteiger partial charge is 0.309 e. The number of carboxylic acid groups (broad SMARTS) is 1. The number of aliphatic carboxylic acids is 1. The summed E-state index contributed by atoms with van der Waals surface area (Å²) >= 11 is 0. The number of hydrogen-bond donors (Lipinski definition) is 2. The van der Waals surface area contributed by atoms with Crippen molar-refractivity contribution in [2.75, 3.05) is 0 Å². The number of fused-ring (bicyclic) bond motifs is 7. The Bertz CT molecular complexity index is 1230. The fourth-order valence-electron chi connectivity index (χ4n) is 13.3. The van der Waals surface area contributed by atoms with Crippen molar-refractivity contribution >= 4 is 5.97 Å². The van der Waals surface area contributed by atoms with Crippen LogP contribution in [0.5, 0.6) is 0 Å². The zero-order valence-electron chi connectivity index (χ0n) is 26.5. The Labute approximate surface area is 248 Å². The van der Waals surface area contributed by atoms with Crippen molar-refractivity contribution in [2.24, 2.45) is 56.2 Å². The van der Waals surface area contributed by atoms with E-state index >= 15 is 0 Å². The zero-order valence-corrected chi connectivity index (χ0v) is 26.5. The first-order valence-corrected chi connectivity index (χ1v) is 16.8. The van der Waals surface area contributed by atoms with Crippen LogP contribution >= 0.6 is 0 Å². The topological polar surface area (TPSA) is 66.8 Å². The van der Waals surface area contributed by atoms with Crippen molar-refractivity contribution < 1.29 is 19.7 Å². The van der Waals surface area contributed by atoms with Crippen LogP contribution in [-0.4, -0.2) is 28.1 Å². The first kappa shape index (κ1) is 28.4. The van der Waals surface area contributed by atoms with Gasteiger partial charge >= 0.3 is 5.97 Å². The van der Waals surface area contributed by atoms with E-state index in [1.54, 1.807) is 0 Å². The van der Waals surface area contributed by atoms with Gasteiger partial charge in [-0.15, -0.1) is 0 Å². The van der Waals surface area contributed by atoms with Gasteiger partial charge in [-0.3, -0.25) is 4.79 Å². The van der Waals surface area contributed by atoms with Crippen LogP contribution in [0.4, 0.5) is 0 Å². The Kier molecular flexibility index (Phi) is 5.97. The van der Waals surface area contributed by atoms with Crippen molar-refractivity contribution in [3.8, 4) is 0 Å². The summed E-state index contributed by atoms with van der Waals surface area (Å²) in [5.41, 5.74) is 1.55. The van der Waals surface area contributed by atoms with Crippen LogP contribution in [-0.2, 0) is 16.0 Å². The highest BCUT2D eigenvalue weighted by atomic mass is 16.6. The third-order valence-corrected chi connectivity index (χ3v) is 16.1. The highest BCUT2D eigenvalue weighted by Crippen LogP contribution is 2.80. The van der Waals surface area contributed by atoms with E-state index in [1.807, 2.05) is 6.92 Å². The molecule has 4 nitrogen and oxygen atoms in total. The Morgan fingerprint density at radius 2 is 1.46 bits per heavy atom. The Morgan fingerprint density at radius 1 is 0.829 bits per heavy atom. The van der Waals surface area contributed by atoms with Gasteiger partial charge in [-0.2, -0.15) is 0 Å². The number of carbonyl (C=O) groups is 1. The summed E-state index contributed by atoms with van der Waals surface area (Å²) in [6.07, 6.45) is 12.7. The molecule has 1 heterocycles. The summed E-state index contributed by atoms with van der Waals surface area (Å²) in [5.74, 6) is 0.187. The van der Waals surface area contributed by atoms with Crippen LogP contribution in [0, 0.1) is 56.2 Å². The molecule has 0 aromatic heterocycles. The van der Waals surface area contributed by atoms with Gasteiger partial charge in [-0.1, -0.05) is 65.0 Å². The second-order valence-corrected chi connectivity index (χ2v) is 17.3. The minimum Gasteiger partial charge on any atom is -0.481 e. The highest BCUT2D eigenvalue weighted by Gasteiger charge is 2.76. The number of benzene rings is 1. The lowest BCUT2D eigenvalue weighted by Gasteiger charge is -2.75. The molecule has 12 atom stereocenters. The Balaban J connectivity index is 1.26. The van der Waals surface area contributed by atoms with E-state index in [0.717, 1.165) is 44.9 Å². The molecule has 1 saturated heterocycles. The molecule has 6 fully saturated rings. The van der Waals surface area contributed by atoms with Crippen molar-refractivity contribution in [1.82, 2.24) is 0 Å². The molecule has 4 heteroatoms. The van der Waals surface area contributed by atoms with Crippen molar-refractivity contribution in [1.29, 1.82) is 0 Å². The van der Waals surface area contributed by atoms with Crippen molar-refractivity contribution in [3.63, 3.8) is 0 Å². The molecule has 6 aliphatic rings. The lowest BCUT2D eigenvalue weighted by atomic mass is 9.29. The molecule has 5 aliphatic carbocycles. The van der Waals surface area contributed by atoms with Crippen molar-refractivity contribution in [3.05, 3.63) is 35.9 Å². The summed E-state index contributed by atoms with van der Waals surface area (Å²) in [4.78, 5) is 12.5. The molecule has 2 bridgehead atoms. The van der Waals surface area contributed by atoms with Crippen LogP contribution in [0.15, 0.2) is 30.3 Å². The van der Waals surface area contributed by atoms with Gasteiger partial charge in [0.25, 0.3) is 0 Å². The van der Waals surface area contributed by atoms with E-state index < -0.39 is 17.2 Å². The molecule has 1 aromatic rings. The molecular formula is C37H54O4. The second kappa shape index (κ2) is 8.62. The van der Waals surface area contributed by atoms with Gasteiger partial charge < -0.3 is 14.9 Å². The quantitative estimate of drug-likeness (QED) is 0.389. The van der Waals surface area contributed by atoms with E-state index in [0.29, 0.717) is 17.8 Å². The predicted molar refractivity (Wildman–Crippen MR) is 161 cm³/mol. The van der Waals surface area contributed by atoms with Gasteiger partial charge in [0, 0.05) is 17.8 Å². The van der Waals surface area contributed by atoms with Crippen LogP contribution in [0.25, 0.3) is 0 Å². The summed E-state index contributed by atoms with van der Waals surface area (Å²) in [7, 11) is 0. The number of aliphatic hydroxyl groups is 1. The minimum absolute atomic E-state index is 0.00803. The molecule has 0 unspecified atom stereocenters. The normalized spacial score (nSPS) is 55.7. The SMILES string of the molecule is C[C@H]1[C@@]23CC[C@@H]4[C@@](C)(CC[C@]5(C)[C@@H]6C[C@](C)(C(=O)O)CC[C@@]6(C)CC[C@]45C)[C@@H]2CC[C@]1(O)O[C@H]3Cc1ccccc1. The van der Waals surface area contributed by atoms with Gasteiger partial charge in [0.1, 0.15) is 0 Å². The molecule has 1 spiro atoms. The van der Waals surface area contributed by atoms with Gasteiger partial charge in [0.2, 0.25) is 0 Å². The molecule has 2 N–H and O–H groups in total. The summed E-state index contributed by atoms with van der Waals surface area (Å²) < 4.78 is 6.75. The van der Waals surface area contributed by atoms with Crippen LogP contribution in [0.1, 0.15) is 118 Å². The summed E-state index contributed by atoms with van der Waals surface area (Å²) in [6, 6.07) is 10.8. The number of carboxylic acids is 1. The summed E-state index contributed by atoms with van der Waals surface area (Å²) in [6.45, 7) is 14.7. The van der Waals surface area contributed by atoms with Crippen LogP contribution < -0.4 is 0 Å². The lowest BCUT2D eigenvalue weighted by molar-refractivity contribution is -0.267. The number of hydrogen-bond acceptors (Lipinski definition) is 3. The third kappa shape index (κ3) is 3.44. The van der Waals surface area contributed by atoms with E-state index in [1.165, 1.54) is 37.7 Å². The second-order valence-electron chi connectivity index (χ2n) is 17.3. The number of ether oxygens (including phenoxy) is 1. The standard InChI is InChI=1S/C37H54O4/c1-24-36-14-12-26-33(4,27(36)13-15-37(24,40)41-29(36)22-25-10-8-7-9-11-25)19-21-35(6)28-23-32(3,30(38)39)17-16-31(28,2)18-20-34(26,35)5/h7-11,24,26-29,40H,12-23H2,1-6H3,(H,38,39)/t24-,26+,27-,28+,29-,31-,32+,33+,34+,35+,36-,37-/m0/s1. The average molecular weight is 563 g/mol. The Hall–Kier alpha value is -1.39. The number of rotatable bonds is 3. The monoisotopic (exact) mass is 562 g/mol. The molecule has 7 rings (SSSR count). The lowest BCUT2D eigenvalue weighted by Crippen LogP contribution is -2.69. The molecule has 226 valence electrons. The Morgan fingerprint density at radius 3 is 2.17 bits per heavy atom. The van der Waals surface area contributed by atoms with E-state index in [4.69, 9.17) is 4.74 Å². The maximum absolute atomic E-state index is 12.5. The largest absolute Gasteiger partial charge is 0.481 e. The highest BCUT2D eigenvalue weighted by molar-refractivity contribution is 5.74. The third-order valence-electron chi connectivity index (χ3n) is 16.1. The average Bonchev–Trinajstić information content (AvgIpc) is 3.04. The van der Waals surface area contributed by atoms with E-state index in [-0.39, 0.29) is 39.1 Å². The van der Waals surface area contributed by atoms with Gasteiger partial charge in [-0.25, -0.2) is 0 Å². The van der Waals surface area contributed by atoms with E-state index in [2.05, 4.69) is 65.0 Å². The van der Waals surface area contributed by atoms with Crippen LogP contribution in [0.2, 0.25) is 0 Å². The first-order valence-electron chi connectivity index (χ1n) is 16.8. The van der Waals surface area contributed by atoms with Gasteiger partial charge in [0.05, 0.1) is 11.5 Å². The molecule has 0 amide bonds. The van der Waals surface area contributed by atoms with E-state index in [9.17, 15) is 15.0 Å². The molecule has 41 heavy (non-hydrogen) atoms. The minimum atomic E-state index is -0.998. The van der Waals surface area contributed by atoms with Gasteiger partial charge in [-0.05, 0) is 123 Å². The fourth-order valence-corrected chi connectivity index (χ4v) is 13.3. The molecule has 0 radical (unpaired) electrons. The first-order chi connectivity index (χ1) is 19.2. The van der Waals surface area contributed by atoms with Gasteiger partial charge in [0.15, 0.2) is 5.79 Å².